The number of hydrogen-bond acceptors (Lipinski definition) is 2. The third-order valence-corrected chi connectivity index (χ3v) is 4.18. The highest BCUT2D eigenvalue weighted by molar-refractivity contribution is 5.94. The molecule has 4 heteroatoms. The molecule has 1 aromatic rings. The zero-order valence-electron chi connectivity index (χ0n) is 11.7. The van der Waals surface area contributed by atoms with Gasteiger partial charge in [-0.3, -0.25) is 9.59 Å². The summed E-state index contributed by atoms with van der Waals surface area (Å²) in [5, 5.41) is 5.83. The van der Waals surface area contributed by atoms with Crippen molar-refractivity contribution >= 4 is 17.5 Å². The van der Waals surface area contributed by atoms with Crippen molar-refractivity contribution in [1.29, 1.82) is 0 Å². The van der Waals surface area contributed by atoms with E-state index in [9.17, 15) is 9.59 Å². The number of nitrogens with one attached hydrogen (secondary N) is 2. The number of benzene rings is 1. The van der Waals surface area contributed by atoms with Crippen molar-refractivity contribution < 1.29 is 9.59 Å². The fraction of sp³-hybridized carbons (Fsp3) is 0.500. The van der Waals surface area contributed by atoms with Crippen LogP contribution in [0.3, 0.4) is 0 Å². The van der Waals surface area contributed by atoms with Gasteiger partial charge in [-0.25, -0.2) is 0 Å². The maximum absolute atomic E-state index is 12.1. The molecule has 1 aromatic carbocycles. The van der Waals surface area contributed by atoms with Crippen LogP contribution >= 0.6 is 0 Å². The van der Waals surface area contributed by atoms with Gasteiger partial charge in [0.1, 0.15) is 0 Å². The largest absolute Gasteiger partial charge is 0.356 e. The van der Waals surface area contributed by atoms with Crippen LogP contribution in [0.15, 0.2) is 24.3 Å². The summed E-state index contributed by atoms with van der Waals surface area (Å²) in [6, 6.07) is 7.72. The van der Waals surface area contributed by atoms with Crippen molar-refractivity contribution in [3.05, 3.63) is 29.8 Å². The van der Waals surface area contributed by atoms with E-state index in [0.29, 0.717) is 6.54 Å². The SMILES string of the molecule is CCNC(=O)C1(c2ccc(NC(=O)C3CC3)cc2)CC1. The van der Waals surface area contributed by atoms with Gasteiger partial charge in [0.25, 0.3) is 0 Å². The van der Waals surface area contributed by atoms with E-state index in [2.05, 4.69) is 10.6 Å². The first-order chi connectivity index (χ1) is 9.65. The molecular weight excluding hydrogens is 252 g/mol. The van der Waals surface area contributed by atoms with Crippen LogP contribution in [0, 0.1) is 5.92 Å². The topological polar surface area (TPSA) is 58.2 Å². The fourth-order valence-corrected chi connectivity index (χ4v) is 2.56. The highest BCUT2D eigenvalue weighted by Crippen LogP contribution is 2.48. The van der Waals surface area contributed by atoms with Gasteiger partial charge in [0.2, 0.25) is 11.8 Å². The number of hydrogen-bond donors (Lipinski definition) is 2. The van der Waals surface area contributed by atoms with Gasteiger partial charge in [-0.15, -0.1) is 0 Å². The monoisotopic (exact) mass is 272 g/mol. The lowest BCUT2D eigenvalue weighted by atomic mass is 9.94. The third kappa shape index (κ3) is 2.42. The second-order valence-corrected chi connectivity index (χ2v) is 5.78. The lowest BCUT2D eigenvalue weighted by molar-refractivity contribution is -0.123. The minimum Gasteiger partial charge on any atom is -0.356 e. The number of anilines is 1. The van der Waals surface area contributed by atoms with Crippen LogP contribution in [-0.2, 0) is 15.0 Å². The molecule has 106 valence electrons. The molecule has 2 amide bonds. The Morgan fingerprint density at radius 1 is 1.20 bits per heavy atom. The molecule has 0 atom stereocenters. The van der Waals surface area contributed by atoms with Crippen LogP contribution in [0.25, 0.3) is 0 Å². The van der Waals surface area contributed by atoms with E-state index in [4.69, 9.17) is 0 Å². The van der Waals surface area contributed by atoms with Crippen LogP contribution in [0.1, 0.15) is 38.2 Å². The Bertz CT molecular complexity index is 528. The minimum atomic E-state index is -0.324. The van der Waals surface area contributed by atoms with E-state index in [1.54, 1.807) is 0 Å². The van der Waals surface area contributed by atoms with Crippen LogP contribution < -0.4 is 10.6 Å². The zero-order valence-corrected chi connectivity index (χ0v) is 11.7. The average molecular weight is 272 g/mol. The van der Waals surface area contributed by atoms with Crippen molar-refractivity contribution in [3.8, 4) is 0 Å². The van der Waals surface area contributed by atoms with Crippen molar-refractivity contribution in [2.24, 2.45) is 5.92 Å². The number of rotatable bonds is 5. The molecule has 0 radical (unpaired) electrons. The summed E-state index contributed by atoms with van der Waals surface area (Å²) in [5.74, 6) is 0.442. The van der Waals surface area contributed by atoms with Gasteiger partial charge in [0.15, 0.2) is 0 Å². The molecule has 20 heavy (non-hydrogen) atoms. The van der Waals surface area contributed by atoms with E-state index in [-0.39, 0.29) is 23.1 Å². The summed E-state index contributed by atoms with van der Waals surface area (Å²) in [6.07, 6.45) is 3.83. The second kappa shape index (κ2) is 4.93. The van der Waals surface area contributed by atoms with Crippen molar-refractivity contribution in [3.63, 3.8) is 0 Å². The predicted molar refractivity (Wildman–Crippen MR) is 77.4 cm³/mol. The predicted octanol–water partition coefficient (Wildman–Crippen LogP) is 2.20. The molecule has 0 aromatic heterocycles. The lowest BCUT2D eigenvalue weighted by Crippen LogP contribution is -2.34. The number of carbonyl (C=O) groups is 2. The van der Waals surface area contributed by atoms with Crippen LogP contribution in [0.2, 0.25) is 0 Å². The summed E-state index contributed by atoms with van der Waals surface area (Å²) >= 11 is 0. The van der Waals surface area contributed by atoms with E-state index in [1.165, 1.54) is 0 Å². The zero-order chi connectivity index (χ0) is 14.2. The molecule has 0 unspecified atom stereocenters. The van der Waals surface area contributed by atoms with Gasteiger partial charge in [-0.1, -0.05) is 12.1 Å². The normalized spacial score (nSPS) is 19.2. The third-order valence-electron chi connectivity index (χ3n) is 4.18. The van der Waals surface area contributed by atoms with Crippen molar-refractivity contribution in [2.45, 2.75) is 38.0 Å². The van der Waals surface area contributed by atoms with Crippen molar-refractivity contribution in [2.75, 3.05) is 11.9 Å². The van der Waals surface area contributed by atoms with E-state index in [0.717, 1.165) is 36.9 Å². The minimum absolute atomic E-state index is 0.114. The first kappa shape index (κ1) is 13.2. The Balaban J connectivity index is 1.69. The number of likely N-dealkylation sites (N-methyl/N-ethyl adjacent to an activating group) is 1. The maximum Gasteiger partial charge on any atom is 0.230 e. The molecule has 0 aliphatic heterocycles. The van der Waals surface area contributed by atoms with Gasteiger partial charge in [0, 0.05) is 18.2 Å². The Morgan fingerprint density at radius 2 is 1.85 bits per heavy atom. The van der Waals surface area contributed by atoms with Gasteiger partial charge >= 0.3 is 0 Å². The first-order valence-electron chi connectivity index (χ1n) is 7.35. The van der Waals surface area contributed by atoms with Gasteiger partial charge < -0.3 is 10.6 Å². The molecule has 0 bridgehead atoms. The number of carbonyl (C=O) groups excluding carboxylic acids is 2. The van der Waals surface area contributed by atoms with Gasteiger partial charge in [-0.05, 0) is 50.3 Å². The molecule has 2 N–H and O–H groups in total. The Morgan fingerprint density at radius 3 is 2.35 bits per heavy atom. The van der Waals surface area contributed by atoms with Crippen LogP contribution in [0.5, 0.6) is 0 Å². The molecule has 0 spiro atoms. The molecule has 3 rings (SSSR count). The Hall–Kier alpha value is -1.84. The molecule has 0 saturated heterocycles. The summed E-state index contributed by atoms with van der Waals surface area (Å²) in [4.78, 5) is 23.8. The fourth-order valence-electron chi connectivity index (χ4n) is 2.56. The molecule has 2 aliphatic rings. The van der Waals surface area contributed by atoms with Crippen LogP contribution in [0.4, 0.5) is 5.69 Å². The van der Waals surface area contributed by atoms with E-state index < -0.39 is 0 Å². The highest BCUT2D eigenvalue weighted by Gasteiger charge is 2.50. The van der Waals surface area contributed by atoms with Crippen molar-refractivity contribution in [1.82, 2.24) is 5.32 Å². The highest BCUT2D eigenvalue weighted by atomic mass is 16.2. The first-order valence-corrected chi connectivity index (χ1v) is 7.35. The molecule has 0 heterocycles. The summed E-state index contributed by atoms with van der Waals surface area (Å²) in [6.45, 7) is 2.60. The average Bonchev–Trinajstić information content (AvgIpc) is 3.31. The smallest absolute Gasteiger partial charge is 0.230 e. The molecule has 2 saturated carbocycles. The Kier molecular flexibility index (Phi) is 3.24. The van der Waals surface area contributed by atoms with Crippen LogP contribution in [-0.4, -0.2) is 18.4 Å². The molecule has 2 fully saturated rings. The molecule has 2 aliphatic carbocycles. The quantitative estimate of drug-likeness (QED) is 0.863. The summed E-state index contributed by atoms with van der Waals surface area (Å²) in [7, 11) is 0. The van der Waals surface area contributed by atoms with E-state index >= 15 is 0 Å². The summed E-state index contributed by atoms with van der Waals surface area (Å²) in [5.41, 5.74) is 1.54. The van der Waals surface area contributed by atoms with E-state index in [1.807, 2.05) is 31.2 Å². The lowest BCUT2D eigenvalue weighted by Gasteiger charge is -2.15. The standard InChI is InChI=1S/C16H20N2O2/c1-2-17-15(20)16(9-10-16)12-5-7-13(8-6-12)18-14(19)11-3-4-11/h5-8,11H,2-4,9-10H2,1H3,(H,17,20)(H,18,19). The summed E-state index contributed by atoms with van der Waals surface area (Å²) < 4.78 is 0. The maximum atomic E-state index is 12.1. The number of amides is 2. The van der Waals surface area contributed by atoms with Gasteiger partial charge in [-0.2, -0.15) is 0 Å². The van der Waals surface area contributed by atoms with Gasteiger partial charge in [0.05, 0.1) is 5.41 Å². The second-order valence-electron chi connectivity index (χ2n) is 5.78. The molecule has 4 nitrogen and oxygen atoms in total. The molecular formula is C16H20N2O2. The Labute approximate surface area is 118 Å².